The van der Waals surface area contributed by atoms with Crippen molar-refractivity contribution in [2.24, 2.45) is 0 Å². The largest absolute Gasteiger partial charge is 0.354 e. The molecule has 162 valence electrons. The van der Waals surface area contributed by atoms with Gasteiger partial charge < -0.3 is 4.98 Å². The summed E-state index contributed by atoms with van der Waals surface area (Å²) in [5, 5.41) is 2.07. The molecule has 1 aliphatic rings. The number of aromatic nitrogens is 3. The lowest BCUT2D eigenvalue weighted by Crippen LogP contribution is -2.64. The van der Waals surface area contributed by atoms with Gasteiger partial charge in [0.25, 0.3) is 11.5 Å². The molecule has 33 heavy (non-hydrogen) atoms. The summed E-state index contributed by atoms with van der Waals surface area (Å²) in [7, 11) is 0. The van der Waals surface area contributed by atoms with E-state index in [4.69, 9.17) is 11.6 Å². The van der Waals surface area contributed by atoms with Crippen LogP contribution in [0, 0.1) is 6.92 Å². The molecule has 1 saturated heterocycles. The maximum absolute atomic E-state index is 13.4. The van der Waals surface area contributed by atoms with Gasteiger partial charge in [-0.3, -0.25) is 9.59 Å². The quantitative estimate of drug-likeness (QED) is 0.318. The number of hydrogen-bond acceptors (Lipinski definition) is 3. The van der Waals surface area contributed by atoms with Crippen LogP contribution >= 0.6 is 11.6 Å². The van der Waals surface area contributed by atoms with Gasteiger partial charge in [-0.05, 0) is 30.7 Å². The standard InChI is InChI=1S/C26H19ClN4O2/c1-15-28-20-14-8-6-12-18(20)25(32)30(15)31-24(22(27)26(31)33)21-17-11-5-7-13-19(17)29-23(21)16-9-3-2-4-10-16/h2-14,22,24,29H,1H3. The first-order valence-electron chi connectivity index (χ1n) is 10.7. The fourth-order valence-corrected chi connectivity index (χ4v) is 5.06. The number of fused-ring (bicyclic) bond motifs is 2. The number of halogens is 1. The molecule has 2 unspecified atom stereocenters. The second-order valence-corrected chi connectivity index (χ2v) is 8.62. The Morgan fingerprint density at radius 2 is 1.55 bits per heavy atom. The topological polar surface area (TPSA) is 71.0 Å². The molecule has 1 aliphatic heterocycles. The number of carbonyl (C=O) groups excluding carboxylic acids is 1. The number of amides is 1. The summed E-state index contributed by atoms with van der Waals surface area (Å²) in [6, 6.07) is 24.4. The Morgan fingerprint density at radius 1 is 0.879 bits per heavy atom. The van der Waals surface area contributed by atoms with E-state index in [1.165, 1.54) is 9.69 Å². The molecule has 0 saturated carbocycles. The summed E-state index contributed by atoms with van der Waals surface area (Å²) >= 11 is 6.64. The van der Waals surface area contributed by atoms with Crippen molar-refractivity contribution in [2.75, 3.05) is 5.01 Å². The third-order valence-corrected chi connectivity index (χ3v) is 6.66. The van der Waals surface area contributed by atoms with Gasteiger partial charge in [-0.2, -0.15) is 4.68 Å². The van der Waals surface area contributed by atoms with Gasteiger partial charge in [-0.25, -0.2) is 9.99 Å². The molecule has 6 rings (SSSR count). The smallest absolute Gasteiger partial charge is 0.280 e. The maximum atomic E-state index is 13.4. The number of nitrogens with one attached hydrogen (secondary N) is 1. The van der Waals surface area contributed by atoms with Crippen LogP contribution in [0.5, 0.6) is 0 Å². The van der Waals surface area contributed by atoms with Crippen molar-refractivity contribution < 1.29 is 4.79 Å². The van der Waals surface area contributed by atoms with Crippen LogP contribution in [0.3, 0.4) is 0 Å². The predicted molar refractivity (Wildman–Crippen MR) is 130 cm³/mol. The summed E-state index contributed by atoms with van der Waals surface area (Å²) in [6.07, 6.45) is 0. The third kappa shape index (κ3) is 2.84. The van der Waals surface area contributed by atoms with Crippen molar-refractivity contribution in [3.63, 3.8) is 0 Å². The van der Waals surface area contributed by atoms with Crippen molar-refractivity contribution >= 4 is 39.3 Å². The highest BCUT2D eigenvalue weighted by atomic mass is 35.5. The molecule has 0 bridgehead atoms. The molecule has 1 N–H and O–H groups in total. The molecule has 1 amide bonds. The molecule has 3 heterocycles. The number of alkyl halides is 1. The van der Waals surface area contributed by atoms with E-state index in [-0.39, 0.29) is 11.5 Å². The Hall–Kier alpha value is -3.90. The molecule has 6 nitrogen and oxygen atoms in total. The highest BCUT2D eigenvalue weighted by Gasteiger charge is 2.51. The van der Waals surface area contributed by atoms with Crippen molar-refractivity contribution in [2.45, 2.75) is 18.3 Å². The van der Waals surface area contributed by atoms with Gasteiger partial charge in [0.1, 0.15) is 17.2 Å². The average Bonchev–Trinajstić information content (AvgIpc) is 3.22. The van der Waals surface area contributed by atoms with E-state index in [2.05, 4.69) is 9.97 Å². The lowest BCUT2D eigenvalue weighted by atomic mass is 9.90. The molecule has 2 atom stereocenters. The number of β-lactam (4-membered cyclic amide) rings is 1. The molecular weight excluding hydrogens is 436 g/mol. The van der Waals surface area contributed by atoms with Crippen LogP contribution in [0.2, 0.25) is 0 Å². The highest BCUT2D eigenvalue weighted by molar-refractivity contribution is 6.36. The Morgan fingerprint density at radius 3 is 2.33 bits per heavy atom. The van der Waals surface area contributed by atoms with Gasteiger partial charge in [0, 0.05) is 16.5 Å². The van der Waals surface area contributed by atoms with Crippen LogP contribution in [0.4, 0.5) is 0 Å². The van der Waals surface area contributed by atoms with E-state index in [0.717, 1.165) is 27.7 Å². The van der Waals surface area contributed by atoms with Gasteiger partial charge in [0.2, 0.25) is 0 Å². The minimum Gasteiger partial charge on any atom is -0.354 e. The predicted octanol–water partition coefficient (Wildman–Crippen LogP) is 4.68. The number of aryl methyl sites for hydroxylation is 1. The van der Waals surface area contributed by atoms with Gasteiger partial charge in [-0.1, -0.05) is 60.7 Å². The molecule has 5 aromatic rings. The van der Waals surface area contributed by atoms with E-state index in [9.17, 15) is 9.59 Å². The lowest BCUT2D eigenvalue weighted by Gasteiger charge is -2.45. The SMILES string of the molecule is Cc1nc2ccccc2c(=O)n1N1C(=O)C(Cl)C1c1c(-c2ccccc2)[nH]c2ccccc12. The number of benzene rings is 3. The fraction of sp³-hybridized carbons (Fsp3) is 0.115. The number of para-hydroxylation sites is 2. The Labute approximate surface area is 194 Å². The minimum atomic E-state index is -0.801. The molecule has 0 radical (unpaired) electrons. The van der Waals surface area contributed by atoms with Crippen LogP contribution in [-0.2, 0) is 4.79 Å². The number of hydrogen-bond donors (Lipinski definition) is 1. The number of aromatic amines is 1. The minimum absolute atomic E-state index is 0.291. The van der Waals surface area contributed by atoms with Gasteiger partial charge in [0.15, 0.2) is 0 Å². The van der Waals surface area contributed by atoms with E-state index in [1.807, 2.05) is 60.7 Å². The molecule has 1 fully saturated rings. The first-order valence-corrected chi connectivity index (χ1v) is 11.1. The second kappa shape index (κ2) is 7.32. The number of carbonyl (C=O) groups is 1. The number of H-pyrrole nitrogens is 1. The summed E-state index contributed by atoms with van der Waals surface area (Å²) in [6.45, 7) is 1.73. The normalized spacial score (nSPS) is 18.1. The monoisotopic (exact) mass is 454 g/mol. The number of rotatable bonds is 3. The van der Waals surface area contributed by atoms with E-state index >= 15 is 0 Å². The summed E-state index contributed by atoms with van der Waals surface area (Å²) in [5.41, 5.74) is 3.99. The van der Waals surface area contributed by atoms with E-state index in [1.54, 1.807) is 25.1 Å². The van der Waals surface area contributed by atoms with Crippen LogP contribution in [0.1, 0.15) is 17.4 Å². The van der Waals surface area contributed by atoms with Crippen LogP contribution in [0.25, 0.3) is 33.1 Å². The molecule has 2 aromatic heterocycles. The molecule has 0 aliphatic carbocycles. The molecule has 3 aromatic carbocycles. The zero-order chi connectivity index (χ0) is 22.7. The summed E-state index contributed by atoms with van der Waals surface area (Å²) < 4.78 is 1.37. The van der Waals surface area contributed by atoms with Crippen LogP contribution in [0.15, 0.2) is 83.7 Å². The lowest BCUT2D eigenvalue weighted by molar-refractivity contribution is -0.126. The fourth-order valence-electron chi connectivity index (χ4n) is 4.72. The Bertz CT molecular complexity index is 1610. The summed E-state index contributed by atoms with van der Waals surface area (Å²) in [5.74, 6) is 0.106. The van der Waals surface area contributed by atoms with Crippen molar-refractivity contribution in [1.82, 2.24) is 14.6 Å². The Balaban J connectivity index is 1.61. The molecule has 0 spiro atoms. The number of nitrogens with zero attached hydrogens (tertiary/aromatic N) is 3. The Kier molecular flexibility index (Phi) is 4.38. The van der Waals surface area contributed by atoms with Crippen molar-refractivity contribution in [3.05, 3.63) is 101 Å². The van der Waals surface area contributed by atoms with E-state index in [0.29, 0.717) is 16.7 Å². The first kappa shape index (κ1) is 19.8. The second-order valence-electron chi connectivity index (χ2n) is 8.15. The molecular formula is C26H19ClN4O2. The van der Waals surface area contributed by atoms with E-state index < -0.39 is 11.4 Å². The zero-order valence-electron chi connectivity index (χ0n) is 17.7. The third-order valence-electron chi connectivity index (χ3n) is 6.24. The van der Waals surface area contributed by atoms with Crippen LogP contribution < -0.4 is 10.6 Å². The molecule has 7 heteroatoms. The summed E-state index contributed by atoms with van der Waals surface area (Å²) in [4.78, 5) is 34.6. The van der Waals surface area contributed by atoms with Gasteiger partial charge >= 0.3 is 0 Å². The first-order chi connectivity index (χ1) is 16.1. The van der Waals surface area contributed by atoms with Crippen molar-refractivity contribution in [1.29, 1.82) is 0 Å². The van der Waals surface area contributed by atoms with Gasteiger partial charge in [0.05, 0.1) is 16.6 Å². The van der Waals surface area contributed by atoms with Crippen LogP contribution in [-0.4, -0.2) is 25.9 Å². The van der Waals surface area contributed by atoms with Gasteiger partial charge in [-0.15, -0.1) is 11.6 Å². The highest BCUT2D eigenvalue weighted by Crippen LogP contribution is 2.44. The maximum Gasteiger partial charge on any atom is 0.280 e. The zero-order valence-corrected chi connectivity index (χ0v) is 18.5. The average molecular weight is 455 g/mol. The van der Waals surface area contributed by atoms with Crippen molar-refractivity contribution in [3.8, 4) is 11.3 Å².